The van der Waals surface area contributed by atoms with E-state index in [-0.39, 0.29) is 13.0 Å². The molecule has 0 aromatic heterocycles. The molecule has 0 N–H and O–H groups in total. The number of carbonyl (C=O) groups excluding carboxylic acids is 4. The fourth-order valence-corrected chi connectivity index (χ4v) is 1.71. The van der Waals surface area contributed by atoms with Gasteiger partial charge in [-0.2, -0.15) is 0 Å². The molecule has 24 heavy (non-hydrogen) atoms. The van der Waals surface area contributed by atoms with Crippen molar-refractivity contribution in [2.45, 2.75) is 26.4 Å². The van der Waals surface area contributed by atoms with E-state index in [1.165, 1.54) is 0 Å². The van der Waals surface area contributed by atoms with Crippen molar-refractivity contribution in [3.63, 3.8) is 0 Å². The lowest BCUT2D eigenvalue weighted by molar-refractivity contribution is -0.171. The molecule has 0 aliphatic rings. The first kappa shape index (κ1) is 19.1. The van der Waals surface area contributed by atoms with Gasteiger partial charge in [-0.1, -0.05) is 30.3 Å². The van der Waals surface area contributed by atoms with Crippen LogP contribution in [0, 0.1) is 0 Å². The van der Waals surface area contributed by atoms with Crippen molar-refractivity contribution < 1.29 is 33.4 Å². The van der Waals surface area contributed by atoms with Crippen molar-refractivity contribution in [1.29, 1.82) is 0 Å². The Morgan fingerprint density at radius 2 is 1.67 bits per heavy atom. The summed E-state index contributed by atoms with van der Waals surface area (Å²) in [5.74, 6) is -3.43. The minimum atomic E-state index is -1.31. The molecular formula is C17H18O7. The van der Waals surface area contributed by atoms with E-state index in [1.807, 2.05) is 0 Å². The van der Waals surface area contributed by atoms with Gasteiger partial charge in [0.25, 0.3) is 0 Å². The number of esters is 4. The molecule has 0 radical (unpaired) electrons. The van der Waals surface area contributed by atoms with Crippen molar-refractivity contribution in [2.24, 2.45) is 0 Å². The summed E-state index contributed by atoms with van der Waals surface area (Å²) in [4.78, 5) is 45.7. The summed E-state index contributed by atoms with van der Waals surface area (Å²) in [5, 5.41) is 0. The summed E-state index contributed by atoms with van der Waals surface area (Å²) in [6.07, 6.45) is 0.459. The maximum absolute atomic E-state index is 11.9. The van der Waals surface area contributed by atoms with Gasteiger partial charge in [-0.15, -0.1) is 0 Å². The van der Waals surface area contributed by atoms with Gasteiger partial charge in [-0.25, -0.2) is 14.4 Å². The van der Waals surface area contributed by atoms with E-state index in [9.17, 15) is 19.2 Å². The van der Waals surface area contributed by atoms with E-state index in [0.717, 1.165) is 19.1 Å². The van der Waals surface area contributed by atoms with Gasteiger partial charge in [0.05, 0.1) is 6.61 Å². The fourth-order valence-electron chi connectivity index (χ4n) is 1.71. The monoisotopic (exact) mass is 334 g/mol. The molecule has 7 heteroatoms. The molecule has 0 saturated carbocycles. The molecule has 1 unspecified atom stereocenters. The molecule has 0 heterocycles. The molecule has 1 aromatic carbocycles. The molecule has 128 valence electrons. The van der Waals surface area contributed by atoms with E-state index >= 15 is 0 Å². The van der Waals surface area contributed by atoms with Crippen molar-refractivity contribution in [2.75, 3.05) is 6.61 Å². The summed E-state index contributed by atoms with van der Waals surface area (Å²) in [7, 11) is 0. The standard InChI is InChI=1S/C17H18O7/c1-3-22-15(19)9-10-16(20)24-14(17(21)23-12(2)18)11-13-7-5-4-6-8-13/h4-10,14H,3,11H2,1-2H3. The van der Waals surface area contributed by atoms with Crippen LogP contribution >= 0.6 is 0 Å². The molecule has 0 amide bonds. The second-order valence-corrected chi connectivity index (χ2v) is 4.61. The molecule has 0 fully saturated rings. The minimum Gasteiger partial charge on any atom is -0.463 e. The Balaban J connectivity index is 2.77. The van der Waals surface area contributed by atoms with E-state index in [0.29, 0.717) is 5.56 Å². The zero-order chi connectivity index (χ0) is 17.9. The van der Waals surface area contributed by atoms with Gasteiger partial charge in [0.15, 0.2) is 0 Å². The quantitative estimate of drug-likeness (QED) is 0.321. The van der Waals surface area contributed by atoms with Crippen molar-refractivity contribution >= 4 is 23.9 Å². The Hall–Kier alpha value is -2.96. The van der Waals surface area contributed by atoms with Crippen LogP contribution in [0.25, 0.3) is 0 Å². The topological polar surface area (TPSA) is 96.0 Å². The van der Waals surface area contributed by atoms with E-state index in [1.54, 1.807) is 37.3 Å². The van der Waals surface area contributed by atoms with E-state index in [2.05, 4.69) is 9.47 Å². The summed E-state index contributed by atoms with van der Waals surface area (Å²) < 4.78 is 14.1. The SMILES string of the molecule is CCOC(=O)C=CC(=O)OC(Cc1ccccc1)C(=O)OC(C)=O. The molecule has 0 aliphatic heterocycles. The molecular weight excluding hydrogens is 316 g/mol. The Labute approximate surface area is 139 Å². The third-order valence-electron chi connectivity index (χ3n) is 2.67. The lowest BCUT2D eigenvalue weighted by atomic mass is 10.1. The van der Waals surface area contributed by atoms with Crippen LogP contribution in [-0.2, 0) is 39.8 Å². The summed E-state index contributed by atoms with van der Waals surface area (Å²) >= 11 is 0. The Morgan fingerprint density at radius 3 is 2.25 bits per heavy atom. The maximum atomic E-state index is 11.9. The van der Waals surface area contributed by atoms with Gasteiger partial charge in [0.1, 0.15) is 0 Å². The van der Waals surface area contributed by atoms with Crippen LogP contribution in [0.2, 0.25) is 0 Å². The van der Waals surface area contributed by atoms with Gasteiger partial charge < -0.3 is 14.2 Å². The largest absolute Gasteiger partial charge is 0.463 e. The first-order chi connectivity index (χ1) is 11.4. The Kier molecular flexibility index (Phi) is 7.90. The second-order valence-electron chi connectivity index (χ2n) is 4.61. The number of hydrogen-bond donors (Lipinski definition) is 0. The molecule has 1 rings (SSSR count). The fraction of sp³-hybridized carbons (Fsp3) is 0.294. The minimum absolute atomic E-state index is 0.0337. The third kappa shape index (κ3) is 7.35. The van der Waals surface area contributed by atoms with Gasteiger partial charge in [0, 0.05) is 25.5 Å². The molecule has 1 aromatic rings. The normalized spacial score (nSPS) is 11.6. The molecule has 0 bridgehead atoms. The lowest BCUT2D eigenvalue weighted by Gasteiger charge is -2.15. The zero-order valence-electron chi connectivity index (χ0n) is 13.4. The van der Waals surface area contributed by atoms with Crippen LogP contribution in [0.4, 0.5) is 0 Å². The van der Waals surface area contributed by atoms with Gasteiger partial charge in [-0.05, 0) is 12.5 Å². The smallest absolute Gasteiger partial charge is 0.355 e. The highest BCUT2D eigenvalue weighted by Gasteiger charge is 2.25. The van der Waals surface area contributed by atoms with Crippen LogP contribution in [0.5, 0.6) is 0 Å². The van der Waals surface area contributed by atoms with Gasteiger partial charge in [-0.3, -0.25) is 4.79 Å². The van der Waals surface area contributed by atoms with Crippen molar-refractivity contribution in [3.8, 4) is 0 Å². The average Bonchev–Trinajstić information content (AvgIpc) is 2.53. The zero-order valence-corrected chi connectivity index (χ0v) is 13.4. The predicted molar refractivity (Wildman–Crippen MR) is 82.6 cm³/mol. The van der Waals surface area contributed by atoms with Crippen LogP contribution in [0.15, 0.2) is 42.5 Å². The highest BCUT2D eigenvalue weighted by atomic mass is 16.6. The number of hydrogen-bond acceptors (Lipinski definition) is 7. The number of rotatable bonds is 7. The molecule has 0 spiro atoms. The van der Waals surface area contributed by atoms with Crippen LogP contribution < -0.4 is 0 Å². The van der Waals surface area contributed by atoms with Gasteiger partial charge in [0.2, 0.25) is 6.10 Å². The summed E-state index contributed by atoms with van der Waals surface area (Å²) in [6.45, 7) is 2.86. The van der Waals surface area contributed by atoms with Crippen molar-refractivity contribution in [3.05, 3.63) is 48.0 Å². The molecule has 1 atom stereocenters. The van der Waals surface area contributed by atoms with Crippen LogP contribution in [0.3, 0.4) is 0 Å². The average molecular weight is 334 g/mol. The second kappa shape index (κ2) is 9.94. The summed E-state index contributed by atoms with van der Waals surface area (Å²) in [6, 6.07) is 8.77. The Bertz CT molecular complexity index is 619. The first-order valence-electron chi connectivity index (χ1n) is 7.24. The van der Waals surface area contributed by atoms with Crippen LogP contribution in [-0.4, -0.2) is 36.6 Å². The molecule has 0 aliphatic carbocycles. The molecule has 0 saturated heterocycles. The summed E-state index contributed by atoms with van der Waals surface area (Å²) in [5.41, 5.74) is 0.713. The third-order valence-corrected chi connectivity index (χ3v) is 2.67. The molecule has 7 nitrogen and oxygen atoms in total. The van der Waals surface area contributed by atoms with Crippen molar-refractivity contribution in [1.82, 2.24) is 0 Å². The Morgan fingerprint density at radius 1 is 1.04 bits per heavy atom. The number of benzene rings is 1. The number of ether oxygens (including phenoxy) is 3. The van der Waals surface area contributed by atoms with E-state index in [4.69, 9.17) is 4.74 Å². The predicted octanol–water partition coefficient (Wildman–Crippen LogP) is 1.35. The number of carbonyl (C=O) groups is 4. The maximum Gasteiger partial charge on any atom is 0.355 e. The lowest BCUT2D eigenvalue weighted by Crippen LogP contribution is -2.32. The van der Waals surface area contributed by atoms with E-state index < -0.39 is 30.0 Å². The van der Waals surface area contributed by atoms with Gasteiger partial charge >= 0.3 is 23.9 Å². The first-order valence-corrected chi connectivity index (χ1v) is 7.24. The van der Waals surface area contributed by atoms with Crippen LogP contribution in [0.1, 0.15) is 19.4 Å². The highest BCUT2D eigenvalue weighted by molar-refractivity contribution is 5.93. The highest BCUT2D eigenvalue weighted by Crippen LogP contribution is 2.09.